The van der Waals surface area contributed by atoms with Crippen LogP contribution in [0.15, 0.2) is 36.3 Å². The van der Waals surface area contributed by atoms with Gasteiger partial charge in [-0.05, 0) is 49.0 Å². The van der Waals surface area contributed by atoms with Crippen LogP contribution in [0, 0.1) is 5.82 Å². The molecular weight excluding hydrogens is 437 g/mol. The number of anilines is 1. The first-order valence-corrected chi connectivity index (χ1v) is 10.8. The first kappa shape index (κ1) is 21.7. The molecule has 0 unspecified atom stereocenters. The van der Waals surface area contributed by atoms with Crippen molar-refractivity contribution < 1.29 is 28.1 Å². The molecule has 0 spiro atoms. The maximum atomic E-state index is 14.6. The zero-order chi connectivity index (χ0) is 23.3. The SMILES string of the molecule is Nc1ncnc2c1ccn2[C@@H]1C=C(COc2cc(C(F)F)c(F)c3c2CCCC3)[C@@H](O)[C@H]1O. The van der Waals surface area contributed by atoms with Crippen molar-refractivity contribution in [2.45, 2.75) is 50.4 Å². The molecule has 0 bridgehead atoms. The predicted molar refractivity (Wildman–Crippen MR) is 115 cm³/mol. The van der Waals surface area contributed by atoms with Crippen molar-refractivity contribution in [3.05, 3.63) is 58.8 Å². The number of ether oxygens (including phenoxy) is 1. The number of aromatic nitrogens is 3. The van der Waals surface area contributed by atoms with Crippen LogP contribution in [0.5, 0.6) is 5.75 Å². The molecule has 5 rings (SSSR count). The van der Waals surface area contributed by atoms with E-state index in [9.17, 15) is 23.4 Å². The number of nitrogens with two attached hydrogens (primary N) is 1. The van der Waals surface area contributed by atoms with Crippen molar-refractivity contribution >= 4 is 16.9 Å². The van der Waals surface area contributed by atoms with E-state index in [1.54, 1.807) is 22.9 Å². The third-order valence-corrected chi connectivity index (χ3v) is 6.50. The third kappa shape index (κ3) is 3.63. The largest absolute Gasteiger partial charge is 0.489 e. The smallest absolute Gasteiger partial charge is 0.266 e. The number of hydrogen-bond donors (Lipinski definition) is 3. The van der Waals surface area contributed by atoms with E-state index in [1.165, 1.54) is 6.33 Å². The van der Waals surface area contributed by atoms with Gasteiger partial charge in [-0.1, -0.05) is 6.08 Å². The van der Waals surface area contributed by atoms with E-state index >= 15 is 0 Å². The van der Waals surface area contributed by atoms with E-state index in [0.717, 1.165) is 18.9 Å². The Morgan fingerprint density at radius 2 is 1.94 bits per heavy atom. The van der Waals surface area contributed by atoms with Crippen LogP contribution in [-0.2, 0) is 12.8 Å². The molecule has 3 aromatic rings. The Balaban J connectivity index is 1.44. The number of nitrogens with zero attached hydrogens (tertiary/aromatic N) is 3. The molecule has 0 saturated heterocycles. The fourth-order valence-electron chi connectivity index (χ4n) is 4.77. The summed E-state index contributed by atoms with van der Waals surface area (Å²) < 4.78 is 48.9. The molecule has 0 radical (unpaired) electrons. The molecule has 33 heavy (non-hydrogen) atoms. The summed E-state index contributed by atoms with van der Waals surface area (Å²) in [6.07, 6.45) is 1.79. The minimum Gasteiger partial charge on any atom is -0.489 e. The number of aliphatic hydroxyl groups is 2. The Bertz CT molecular complexity index is 1240. The van der Waals surface area contributed by atoms with Crippen LogP contribution in [0.3, 0.4) is 0 Å². The maximum absolute atomic E-state index is 14.6. The van der Waals surface area contributed by atoms with Crippen LogP contribution in [0.4, 0.5) is 19.0 Å². The van der Waals surface area contributed by atoms with Gasteiger partial charge in [0.1, 0.15) is 48.2 Å². The summed E-state index contributed by atoms with van der Waals surface area (Å²) in [7, 11) is 0. The van der Waals surface area contributed by atoms with Gasteiger partial charge >= 0.3 is 0 Å². The van der Waals surface area contributed by atoms with Crippen LogP contribution in [0.25, 0.3) is 11.0 Å². The molecule has 4 N–H and O–H groups in total. The van der Waals surface area contributed by atoms with Gasteiger partial charge in [0.15, 0.2) is 0 Å². The Labute approximate surface area is 187 Å². The average molecular weight is 460 g/mol. The van der Waals surface area contributed by atoms with Gasteiger partial charge in [-0.25, -0.2) is 23.1 Å². The summed E-state index contributed by atoms with van der Waals surface area (Å²) in [6.45, 7) is -0.133. The molecule has 7 nitrogen and oxygen atoms in total. The fraction of sp³-hybridized carbons (Fsp3) is 0.391. The Hall–Kier alpha value is -3.11. The van der Waals surface area contributed by atoms with E-state index in [1.807, 2.05) is 0 Å². The quantitative estimate of drug-likeness (QED) is 0.505. The minimum absolute atomic E-state index is 0.133. The zero-order valence-corrected chi connectivity index (χ0v) is 17.6. The van der Waals surface area contributed by atoms with Crippen molar-refractivity contribution in [3.8, 4) is 5.75 Å². The number of rotatable bonds is 5. The summed E-state index contributed by atoms with van der Waals surface area (Å²) in [5, 5.41) is 21.9. The third-order valence-electron chi connectivity index (χ3n) is 6.50. The molecule has 2 aliphatic rings. The minimum atomic E-state index is -2.96. The first-order valence-electron chi connectivity index (χ1n) is 10.8. The van der Waals surface area contributed by atoms with Crippen LogP contribution < -0.4 is 10.5 Å². The molecule has 2 aromatic heterocycles. The molecule has 0 saturated carbocycles. The molecule has 1 aromatic carbocycles. The van der Waals surface area contributed by atoms with Crippen LogP contribution in [0.2, 0.25) is 0 Å². The lowest BCUT2D eigenvalue weighted by Crippen LogP contribution is -2.30. The molecule has 2 aliphatic carbocycles. The Morgan fingerprint density at radius 3 is 2.70 bits per heavy atom. The highest BCUT2D eigenvalue weighted by Crippen LogP contribution is 2.38. The molecule has 174 valence electrons. The summed E-state index contributed by atoms with van der Waals surface area (Å²) >= 11 is 0. The van der Waals surface area contributed by atoms with Gasteiger partial charge < -0.3 is 25.3 Å². The number of halogens is 3. The van der Waals surface area contributed by atoms with Gasteiger partial charge in [-0.15, -0.1) is 0 Å². The highest BCUT2D eigenvalue weighted by atomic mass is 19.3. The standard InChI is InChI=1S/C23H23F3N4O3/c24-18-13-4-2-1-3-12(13)17(8-15(18)21(25)26)33-9-11-7-16(20(32)19(11)31)30-6-5-14-22(27)28-10-29-23(14)30/h5-8,10,16,19-21,31-32H,1-4,9H2,(H2,27,28,29)/t16-,19-,20+/m1/s1. The van der Waals surface area contributed by atoms with Crippen molar-refractivity contribution in [2.24, 2.45) is 0 Å². The monoisotopic (exact) mass is 460 g/mol. The number of alkyl halides is 2. The van der Waals surface area contributed by atoms with E-state index in [0.29, 0.717) is 40.8 Å². The lowest BCUT2D eigenvalue weighted by molar-refractivity contribution is 0.0295. The van der Waals surface area contributed by atoms with Gasteiger partial charge in [-0.3, -0.25) is 0 Å². The molecule has 2 heterocycles. The topological polar surface area (TPSA) is 106 Å². The zero-order valence-electron chi connectivity index (χ0n) is 17.6. The summed E-state index contributed by atoms with van der Waals surface area (Å²) in [4.78, 5) is 8.17. The highest BCUT2D eigenvalue weighted by molar-refractivity contribution is 5.86. The van der Waals surface area contributed by atoms with Crippen molar-refractivity contribution in [3.63, 3.8) is 0 Å². The molecule has 0 aliphatic heterocycles. The normalized spacial score (nSPS) is 22.6. The number of hydrogen-bond acceptors (Lipinski definition) is 6. The van der Waals surface area contributed by atoms with Crippen LogP contribution >= 0.6 is 0 Å². The number of fused-ring (bicyclic) bond motifs is 2. The van der Waals surface area contributed by atoms with Gasteiger partial charge in [0.25, 0.3) is 6.43 Å². The molecule has 0 amide bonds. The number of aliphatic hydroxyl groups excluding tert-OH is 2. The van der Waals surface area contributed by atoms with E-state index in [-0.39, 0.29) is 17.9 Å². The fourth-order valence-corrected chi connectivity index (χ4v) is 4.77. The van der Waals surface area contributed by atoms with Crippen molar-refractivity contribution in [1.82, 2.24) is 14.5 Å². The second kappa shape index (κ2) is 8.35. The Morgan fingerprint density at radius 1 is 1.18 bits per heavy atom. The number of nitrogen functional groups attached to an aromatic ring is 1. The second-order valence-electron chi connectivity index (χ2n) is 8.42. The Kier molecular flexibility index (Phi) is 5.49. The summed E-state index contributed by atoms with van der Waals surface area (Å²) in [5.41, 5.74) is 6.97. The lowest BCUT2D eigenvalue weighted by Gasteiger charge is -2.23. The summed E-state index contributed by atoms with van der Waals surface area (Å²) in [5.74, 6) is -0.363. The van der Waals surface area contributed by atoms with Gasteiger partial charge in [0, 0.05) is 11.8 Å². The molecule has 10 heteroatoms. The van der Waals surface area contributed by atoms with Crippen LogP contribution in [0.1, 0.15) is 42.0 Å². The second-order valence-corrected chi connectivity index (χ2v) is 8.42. The van der Waals surface area contributed by atoms with E-state index in [2.05, 4.69) is 9.97 Å². The summed E-state index contributed by atoms with van der Waals surface area (Å²) in [6, 6.07) is 2.14. The highest BCUT2D eigenvalue weighted by Gasteiger charge is 2.37. The first-order chi connectivity index (χ1) is 15.9. The lowest BCUT2D eigenvalue weighted by atomic mass is 9.89. The molecular formula is C23H23F3N4O3. The van der Waals surface area contributed by atoms with E-state index in [4.69, 9.17) is 10.5 Å². The molecule has 3 atom stereocenters. The molecule has 0 fully saturated rings. The maximum Gasteiger partial charge on any atom is 0.266 e. The van der Waals surface area contributed by atoms with Gasteiger partial charge in [0.2, 0.25) is 0 Å². The van der Waals surface area contributed by atoms with Crippen molar-refractivity contribution in [1.29, 1.82) is 0 Å². The van der Waals surface area contributed by atoms with Crippen molar-refractivity contribution in [2.75, 3.05) is 12.3 Å². The van der Waals surface area contributed by atoms with Gasteiger partial charge in [-0.2, -0.15) is 0 Å². The number of benzene rings is 1. The van der Waals surface area contributed by atoms with Crippen LogP contribution in [-0.4, -0.2) is 43.6 Å². The average Bonchev–Trinajstić information content (AvgIpc) is 3.35. The van der Waals surface area contributed by atoms with Gasteiger partial charge in [0.05, 0.1) is 17.0 Å². The van der Waals surface area contributed by atoms with E-state index < -0.39 is 36.1 Å². The predicted octanol–water partition coefficient (Wildman–Crippen LogP) is 3.25.